The van der Waals surface area contributed by atoms with E-state index in [-0.39, 0.29) is 0 Å². The van der Waals surface area contributed by atoms with E-state index < -0.39 is 5.60 Å². The van der Waals surface area contributed by atoms with Gasteiger partial charge < -0.3 is 15.6 Å². The number of likely N-dealkylation sites (tertiary alicyclic amines) is 1. The second-order valence-corrected chi connectivity index (χ2v) is 4.94. The van der Waals surface area contributed by atoms with Crippen molar-refractivity contribution in [3.8, 4) is 5.75 Å². The average molecular weight is 236 g/mol. The van der Waals surface area contributed by atoms with Crippen LogP contribution >= 0.6 is 0 Å². The van der Waals surface area contributed by atoms with Gasteiger partial charge in [-0.05, 0) is 37.6 Å². The van der Waals surface area contributed by atoms with Crippen molar-refractivity contribution in [1.82, 2.24) is 4.90 Å². The van der Waals surface area contributed by atoms with E-state index in [0.717, 1.165) is 37.5 Å². The maximum atomic E-state index is 9.82. The van der Waals surface area contributed by atoms with Crippen LogP contribution in [0.25, 0.3) is 0 Å². The molecule has 0 spiro atoms. The lowest BCUT2D eigenvalue weighted by atomic mass is 10.1. The van der Waals surface area contributed by atoms with E-state index in [1.807, 2.05) is 31.2 Å². The van der Waals surface area contributed by atoms with Gasteiger partial charge in [0.1, 0.15) is 12.4 Å². The first-order valence-corrected chi connectivity index (χ1v) is 5.98. The van der Waals surface area contributed by atoms with E-state index in [4.69, 9.17) is 10.5 Å². The molecule has 3 N–H and O–H groups in total. The number of benzene rings is 1. The molecule has 94 valence electrons. The summed E-state index contributed by atoms with van der Waals surface area (Å²) < 4.78 is 5.61. The molecule has 4 heteroatoms. The van der Waals surface area contributed by atoms with Gasteiger partial charge in [0.05, 0.1) is 5.60 Å². The van der Waals surface area contributed by atoms with Gasteiger partial charge in [-0.15, -0.1) is 0 Å². The number of β-amino-alcohol motifs (C(OH)–C–C–N with tert-alkyl or cyclic N) is 1. The van der Waals surface area contributed by atoms with Gasteiger partial charge in [-0.3, -0.25) is 4.90 Å². The quantitative estimate of drug-likeness (QED) is 0.769. The number of aliphatic hydroxyl groups is 1. The van der Waals surface area contributed by atoms with E-state index in [1.165, 1.54) is 0 Å². The van der Waals surface area contributed by atoms with Crippen LogP contribution in [-0.2, 0) is 0 Å². The van der Waals surface area contributed by atoms with Gasteiger partial charge >= 0.3 is 0 Å². The fraction of sp³-hybridized carbons (Fsp3) is 0.538. The number of rotatable bonds is 4. The first-order chi connectivity index (χ1) is 8.05. The highest BCUT2D eigenvalue weighted by Gasteiger charge is 2.30. The lowest BCUT2D eigenvalue weighted by molar-refractivity contribution is 0.0670. The predicted molar refractivity (Wildman–Crippen MR) is 68.0 cm³/mol. The fourth-order valence-electron chi connectivity index (χ4n) is 2.09. The SMILES string of the molecule is CC1(O)CCN(CCOc2ccc(N)cc2)C1. The minimum Gasteiger partial charge on any atom is -0.492 e. The molecule has 1 unspecified atom stereocenters. The zero-order valence-electron chi connectivity index (χ0n) is 10.2. The zero-order chi connectivity index (χ0) is 12.3. The summed E-state index contributed by atoms with van der Waals surface area (Å²) in [5, 5.41) is 9.82. The molecule has 1 aromatic rings. The first kappa shape index (κ1) is 12.2. The van der Waals surface area contributed by atoms with Gasteiger partial charge in [0.2, 0.25) is 0 Å². The number of anilines is 1. The molecule has 0 amide bonds. The number of ether oxygens (including phenoxy) is 1. The molecule has 1 aliphatic rings. The first-order valence-electron chi connectivity index (χ1n) is 5.98. The Hall–Kier alpha value is -1.26. The standard InChI is InChI=1S/C13H20N2O2/c1-13(16)6-7-15(10-13)8-9-17-12-4-2-11(14)3-5-12/h2-5,16H,6-10,14H2,1H3. The van der Waals surface area contributed by atoms with E-state index in [9.17, 15) is 5.11 Å². The maximum absolute atomic E-state index is 9.82. The lowest BCUT2D eigenvalue weighted by Gasteiger charge is -2.18. The molecular formula is C13H20N2O2. The van der Waals surface area contributed by atoms with Crippen molar-refractivity contribution in [1.29, 1.82) is 0 Å². The molecule has 1 aliphatic heterocycles. The summed E-state index contributed by atoms with van der Waals surface area (Å²) in [6, 6.07) is 7.40. The van der Waals surface area contributed by atoms with Crippen molar-refractivity contribution in [3.05, 3.63) is 24.3 Å². The van der Waals surface area contributed by atoms with Crippen LogP contribution in [0, 0.1) is 0 Å². The fourth-order valence-corrected chi connectivity index (χ4v) is 2.09. The van der Waals surface area contributed by atoms with E-state index >= 15 is 0 Å². The van der Waals surface area contributed by atoms with Crippen LogP contribution in [0.2, 0.25) is 0 Å². The van der Waals surface area contributed by atoms with Crippen molar-refractivity contribution >= 4 is 5.69 Å². The van der Waals surface area contributed by atoms with Crippen molar-refractivity contribution in [2.24, 2.45) is 0 Å². The summed E-state index contributed by atoms with van der Waals surface area (Å²) in [6.45, 7) is 5.05. The predicted octanol–water partition coefficient (Wildman–Crippen LogP) is 1.10. The van der Waals surface area contributed by atoms with Crippen LogP contribution in [0.3, 0.4) is 0 Å². The summed E-state index contributed by atoms with van der Waals surface area (Å²) in [5.74, 6) is 0.838. The number of hydrogen-bond acceptors (Lipinski definition) is 4. The Labute approximate surface area is 102 Å². The Balaban J connectivity index is 1.71. The molecule has 1 heterocycles. The third kappa shape index (κ3) is 3.61. The van der Waals surface area contributed by atoms with E-state index in [0.29, 0.717) is 6.61 Å². The smallest absolute Gasteiger partial charge is 0.119 e. The third-order valence-corrected chi connectivity index (χ3v) is 3.09. The van der Waals surface area contributed by atoms with Crippen LogP contribution in [0.15, 0.2) is 24.3 Å². The van der Waals surface area contributed by atoms with Crippen LogP contribution < -0.4 is 10.5 Å². The summed E-state index contributed by atoms with van der Waals surface area (Å²) in [7, 11) is 0. The number of nitrogen functional groups attached to an aromatic ring is 1. The Morgan fingerprint density at radius 3 is 2.71 bits per heavy atom. The van der Waals surface area contributed by atoms with Gasteiger partial charge in [0.25, 0.3) is 0 Å². The molecule has 2 rings (SSSR count). The molecule has 1 saturated heterocycles. The molecule has 0 bridgehead atoms. The van der Waals surface area contributed by atoms with Crippen LogP contribution in [0.4, 0.5) is 5.69 Å². The third-order valence-electron chi connectivity index (χ3n) is 3.09. The molecule has 0 aromatic heterocycles. The second-order valence-electron chi connectivity index (χ2n) is 4.94. The lowest BCUT2D eigenvalue weighted by Crippen LogP contribution is -2.32. The van der Waals surface area contributed by atoms with Gasteiger partial charge in [-0.1, -0.05) is 0 Å². The highest BCUT2D eigenvalue weighted by Crippen LogP contribution is 2.20. The largest absolute Gasteiger partial charge is 0.492 e. The summed E-state index contributed by atoms with van der Waals surface area (Å²) in [5.41, 5.74) is 5.81. The average Bonchev–Trinajstić information content (AvgIpc) is 2.61. The monoisotopic (exact) mass is 236 g/mol. The number of nitrogens with two attached hydrogens (primary N) is 1. The van der Waals surface area contributed by atoms with Crippen molar-refractivity contribution < 1.29 is 9.84 Å². The molecule has 0 radical (unpaired) electrons. The Morgan fingerprint density at radius 2 is 2.12 bits per heavy atom. The Kier molecular flexibility index (Phi) is 3.54. The number of hydrogen-bond donors (Lipinski definition) is 2. The van der Waals surface area contributed by atoms with Crippen molar-refractivity contribution in [2.45, 2.75) is 18.9 Å². The normalized spacial score (nSPS) is 25.1. The molecule has 1 atom stereocenters. The maximum Gasteiger partial charge on any atom is 0.119 e. The summed E-state index contributed by atoms with van der Waals surface area (Å²) in [6.07, 6.45) is 0.842. The summed E-state index contributed by atoms with van der Waals surface area (Å²) in [4.78, 5) is 2.22. The molecule has 1 aromatic carbocycles. The molecule has 1 fully saturated rings. The van der Waals surface area contributed by atoms with E-state index in [2.05, 4.69) is 4.90 Å². The number of nitrogens with zero attached hydrogens (tertiary/aromatic N) is 1. The van der Waals surface area contributed by atoms with Gasteiger partial charge in [0.15, 0.2) is 0 Å². The second kappa shape index (κ2) is 4.94. The van der Waals surface area contributed by atoms with Crippen LogP contribution in [0.1, 0.15) is 13.3 Å². The Bertz CT molecular complexity index is 362. The van der Waals surface area contributed by atoms with Crippen LogP contribution in [0.5, 0.6) is 5.75 Å². The molecule has 4 nitrogen and oxygen atoms in total. The van der Waals surface area contributed by atoms with Crippen LogP contribution in [-0.4, -0.2) is 41.8 Å². The molecule has 0 aliphatic carbocycles. The van der Waals surface area contributed by atoms with E-state index in [1.54, 1.807) is 0 Å². The van der Waals surface area contributed by atoms with Gasteiger partial charge in [0, 0.05) is 25.3 Å². The molecule has 17 heavy (non-hydrogen) atoms. The summed E-state index contributed by atoms with van der Waals surface area (Å²) >= 11 is 0. The highest BCUT2D eigenvalue weighted by atomic mass is 16.5. The zero-order valence-corrected chi connectivity index (χ0v) is 10.2. The Morgan fingerprint density at radius 1 is 1.41 bits per heavy atom. The highest BCUT2D eigenvalue weighted by molar-refractivity contribution is 5.41. The minimum atomic E-state index is -0.527. The van der Waals surface area contributed by atoms with Crippen molar-refractivity contribution in [3.63, 3.8) is 0 Å². The molecular weight excluding hydrogens is 216 g/mol. The molecule has 0 saturated carbocycles. The van der Waals surface area contributed by atoms with Crippen molar-refractivity contribution in [2.75, 3.05) is 32.0 Å². The van der Waals surface area contributed by atoms with Gasteiger partial charge in [-0.25, -0.2) is 0 Å². The minimum absolute atomic E-state index is 0.527. The van der Waals surface area contributed by atoms with Gasteiger partial charge in [-0.2, -0.15) is 0 Å². The topological polar surface area (TPSA) is 58.7 Å².